The molecule has 1 aromatic rings. The zero-order chi connectivity index (χ0) is 20.6. The summed E-state index contributed by atoms with van der Waals surface area (Å²) in [6, 6.07) is 4.29. The van der Waals surface area contributed by atoms with E-state index in [0.717, 1.165) is 11.3 Å². The number of imide groups is 1. The van der Waals surface area contributed by atoms with Crippen LogP contribution >= 0.6 is 23.4 Å². The van der Waals surface area contributed by atoms with E-state index in [-0.39, 0.29) is 29.3 Å². The first-order chi connectivity index (χ1) is 13.2. The van der Waals surface area contributed by atoms with Gasteiger partial charge in [-0.1, -0.05) is 31.5 Å². The van der Waals surface area contributed by atoms with Crippen molar-refractivity contribution in [1.29, 1.82) is 0 Å². The van der Waals surface area contributed by atoms with Crippen LogP contribution < -0.4 is 10.6 Å². The molecular weight excluding hydrogens is 403 g/mol. The normalized spacial score (nSPS) is 28.1. The number of urea groups is 1. The van der Waals surface area contributed by atoms with Crippen molar-refractivity contribution in [2.24, 2.45) is 11.8 Å². The van der Waals surface area contributed by atoms with E-state index in [0.29, 0.717) is 22.3 Å². The topological polar surface area (TPSA) is 64.7 Å². The van der Waals surface area contributed by atoms with E-state index >= 15 is 0 Å². The van der Waals surface area contributed by atoms with Crippen molar-refractivity contribution in [3.05, 3.63) is 34.6 Å². The van der Waals surface area contributed by atoms with Gasteiger partial charge in [0.05, 0.1) is 23.6 Å². The predicted octanol–water partition coefficient (Wildman–Crippen LogP) is 3.07. The molecule has 4 atom stereocenters. The van der Waals surface area contributed by atoms with Gasteiger partial charge in [0.25, 0.3) is 0 Å². The number of nitrogens with one attached hydrogen (secondary N) is 2. The first-order valence-electron chi connectivity index (χ1n) is 9.31. The van der Waals surface area contributed by atoms with Crippen LogP contribution in [0.25, 0.3) is 0 Å². The molecule has 9 heteroatoms. The minimum atomic E-state index is -0.480. The van der Waals surface area contributed by atoms with E-state index in [4.69, 9.17) is 11.6 Å². The Morgan fingerprint density at radius 3 is 2.61 bits per heavy atom. The highest BCUT2D eigenvalue weighted by molar-refractivity contribution is 7.99. The molecule has 2 saturated heterocycles. The van der Waals surface area contributed by atoms with Gasteiger partial charge >= 0.3 is 6.03 Å². The molecule has 154 valence electrons. The molecule has 6 nitrogen and oxygen atoms in total. The van der Waals surface area contributed by atoms with Gasteiger partial charge in [-0.05, 0) is 24.5 Å². The fraction of sp³-hybridized carbons (Fsp3) is 0.579. The van der Waals surface area contributed by atoms with Crippen LogP contribution in [0.2, 0.25) is 5.02 Å². The molecule has 4 unspecified atom stereocenters. The van der Waals surface area contributed by atoms with Gasteiger partial charge in [-0.3, -0.25) is 20.3 Å². The summed E-state index contributed by atoms with van der Waals surface area (Å²) >= 11 is 7.61. The van der Waals surface area contributed by atoms with Crippen molar-refractivity contribution in [3.63, 3.8) is 0 Å². The number of hydrogen-bond acceptors (Lipinski definition) is 5. The van der Waals surface area contributed by atoms with Gasteiger partial charge < -0.3 is 4.90 Å². The highest BCUT2D eigenvalue weighted by atomic mass is 35.5. The second kappa shape index (κ2) is 8.57. The van der Waals surface area contributed by atoms with Crippen molar-refractivity contribution in [2.75, 3.05) is 14.1 Å². The number of nitrogens with zero attached hydrogens (tertiary/aromatic N) is 2. The van der Waals surface area contributed by atoms with Gasteiger partial charge in [0.15, 0.2) is 0 Å². The Labute approximate surface area is 174 Å². The average molecular weight is 429 g/mol. The summed E-state index contributed by atoms with van der Waals surface area (Å²) < 4.78 is 14.2. The molecule has 28 heavy (non-hydrogen) atoms. The van der Waals surface area contributed by atoms with Gasteiger partial charge in [0.2, 0.25) is 5.91 Å². The second-order valence-corrected chi connectivity index (χ2v) is 9.25. The third kappa shape index (κ3) is 4.15. The fourth-order valence-corrected chi connectivity index (χ4v) is 5.40. The predicted molar refractivity (Wildman–Crippen MR) is 109 cm³/mol. The first kappa shape index (κ1) is 21.4. The molecule has 0 saturated carbocycles. The maximum Gasteiger partial charge on any atom is 0.327 e. The number of benzene rings is 1. The van der Waals surface area contributed by atoms with Crippen LogP contribution in [0, 0.1) is 17.7 Å². The zero-order valence-electron chi connectivity index (χ0n) is 16.4. The van der Waals surface area contributed by atoms with Crippen LogP contribution in [0.4, 0.5) is 9.18 Å². The molecule has 0 aromatic heterocycles. The molecule has 0 bridgehead atoms. The van der Waals surface area contributed by atoms with E-state index in [1.54, 1.807) is 24.1 Å². The Morgan fingerprint density at radius 2 is 1.96 bits per heavy atom. The summed E-state index contributed by atoms with van der Waals surface area (Å²) in [4.78, 5) is 28.0. The molecule has 3 amide bonds. The third-order valence-electron chi connectivity index (χ3n) is 5.20. The van der Waals surface area contributed by atoms with Gasteiger partial charge in [0.1, 0.15) is 5.82 Å². The molecule has 0 aliphatic carbocycles. The van der Waals surface area contributed by atoms with Crippen LogP contribution in [-0.4, -0.2) is 53.5 Å². The van der Waals surface area contributed by atoms with Crippen LogP contribution in [0.15, 0.2) is 18.2 Å². The molecule has 2 N–H and O–H groups in total. The van der Waals surface area contributed by atoms with Crippen molar-refractivity contribution >= 4 is 35.3 Å². The maximum absolute atomic E-state index is 14.2. The highest BCUT2D eigenvalue weighted by Gasteiger charge is 2.50. The Kier molecular flexibility index (Phi) is 6.54. The number of amides is 3. The van der Waals surface area contributed by atoms with Gasteiger partial charge in [-0.15, -0.1) is 11.8 Å². The summed E-state index contributed by atoms with van der Waals surface area (Å²) in [7, 11) is 3.19. The monoisotopic (exact) mass is 428 g/mol. The highest BCUT2D eigenvalue weighted by Crippen LogP contribution is 2.35. The van der Waals surface area contributed by atoms with Crippen molar-refractivity contribution in [2.45, 2.75) is 43.7 Å². The molecule has 2 aliphatic rings. The summed E-state index contributed by atoms with van der Waals surface area (Å²) in [5, 5.41) is 6.97. The average Bonchev–Trinajstić information content (AvgIpc) is 2.63. The summed E-state index contributed by atoms with van der Waals surface area (Å²) in [5.74, 6) is -0.324. The quantitative estimate of drug-likeness (QED) is 0.754. The lowest BCUT2D eigenvalue weighted by atomic mass is 9.95. The summed E-state index contributed by atoms with van der Waals surface area (Å²) in [5.41, 5.74) is 0.424. The van der Waals surface area contributed by atoms with E-state index in [9.17, 15) is 14.0 Å². The molecular formula is C19H26ClFN4O2S. The third-order valence-corrected chi connectivity index (χ3v) is 6.80. The second-order valence-electron chi connectivity index (χ2n) is 7.71. The Morgan fingerprint density at radius 1 is 1.25 bits per heavy atom. The number of rotatable bonds is 5. The number of fused-ring (bicyclic) bond motifs is 1. The van der Waals surface area contributed by atoms with E-state index in [2.05, 4.69) is 24.5 Å². The van der Waals surface area contributed by atoms with Crippen molar-refractivity contribution in [1.82, 2.24) is 20.4 Å². The maximum atomic E-state index is 14.2. The Balaban J connectivity index is 1.85. The smallest absolute Gasteiger partial charge is 0.311 e. The number of hydrogen-bond donors (Lipinski definition) is 2. The van der Waals surface area contributed by atoms with Crippen molar-refractivity contribution < 1.29 is 14.0 Å². The first-order valence-corrected chi connectivity index (χ1v) is 10.7. The van der Waals surface area contributed by atoms with E-state index in [1.165, 1.54) is 24.9 Å². The summed E-state index contributed by atoms with van der Waals surface area (Å²) in [6.07, 6.45) is 0.378. The van der Waals surface area contributed by atoms with Gasteiger partial charge in [-0.25, -0.2) is 9.18 Å². The number of carbonyl (C=O) groups excluding carboxylic acids is 2. The number of thioether (sulfide) groups is 1. The molecule has 2 aliphatic heterocycles. The molecule has 0 radical (unpaired) electrons. The number of halogens is 2. The minimum Gasteiger partial charge on any atom is -0.311 e. The minimum absolute atomic E-state index is 0.0544. The standard InChI is InChI=1S/C19H26ClFN4O2S/c1-10(2)8-14-22-16-15(18(26)25(4)19(27)24(16)3)17(23-14)28-9-11-12(20)6-5-7-13(11)21/h5-7,10,14-17,22-23H,8-9H2,1-4H3. The Hall–Kier alpha value is -1.35. The largest absolute Gasteiger partial charge is 0.327 e. The molecule has 2 fully saturated rings. The molecule has 3 rings (SSSR count). The van der Waals surface area contributed by atoms with Crippen molar-refractivity contribution in [3.8, 4) is 0 Å². The van der Waals surface area contributed by atoms with Crippen LogP contribution in [0.5, 0.6) is 0 Å². The van der Waals surface area contributed by atoms with E-state index in [1.807, 2.05) is 0 Å². The SMILES string of the molecule is CC(C)CC1NC(SCc2c(F)cccc2Cl)C2C(=O)N(C)C(=O)N(C)C2N1. The lowest BCUT2D eigenvalue weighted by Crippen LogP contribution is -2.74. The summed E-state index contributed by atoms with van der Waals surface area (Å²) in [6.45, 7) is 4.23. The lowest BCUT2D eigenvalue weighted by Gasteiger charge is -2.50. The lowest BCUT2D eigenvalue weighted by molar-refractivity contribution is -0.140. The van der Waals surface area contributed by atoms with Crippen LogP contribution in [-0.2, 0) is 10.5 Å². The van der Waals surface area contributed by atoms with Crippen LogP contribution in [0.3, 0.4) is 0 Å². The van der Waals surface area contributed by atoms with E-state index < -0.39 is 12.1 Å². The van der Waals surface area contributed by atoms with Gasteiger partial charge in [-0.2, -0.15) is 0 Å². The molecule has 1 aromatic carbocycles. The zero-order valence-corrected chi connectivity index (χ0v) is 18.0. The molecule has 0 spiro atoms. The van der Waals surface area contributed by atoms with Crippen LogP contribution in [0.1, 0.15) is 25.8 Å². The number of carbonyl (C=O) groups is 2. The molecule has 2 heterocycles. The Bertz CT molecular complexity index is 745. The fourth-order valence-electron chi connectivity index (χ4n) is 3.72. The van der Waals surface area contributed by atoms with Gasteiger partial charge in [0, 0.05) is 30.4 Å².